The third-order valence-electron chi connectivity index (χ3n) is 4.31. The number of benzene rings is 2. The summed E-state index contributed by atoms with van der Waals surface area (Å²) in [5, 5.41) is 2.58. The molecule has 124 valence electrons. The first kappa shape index (κ1) is 16.7. The number of hydrogen-bond acceptors (Lipinski definition) is 2. The number of amides is 2. The zero-order valence-electron chi connectivity index (χ0n) is 13.5. The van der Waals surface area contributed by atoms with Gasteiger partial charge in [-0.25, -0.2) is 4.90 Å². The highest BCUT2D eigenvalue weighted by atomic mass is 35.5. The Morgan fingerprint density at radius 3 is 2.54 bits per heavy atom. The number of quaternary nitrogens is 1. The van der Waals surface area contributed by atoms with E-state index in [4.69, 9.17) is 11.6 Å². The van der Waals surface area contributed by atoms with Gasteiger partial charge in [0.15, 0.2) is 6.04 Å². The quantitative estimate of drug-likeness (QED) is 0.847. The maximum absolute atomic E-state index is 12.6. The van der Waals surface area contributed by atoms with Crippen molar-refractivity contribution in [3.63, 3.8) is 0 Å². The molecule has 2 aromatic carbocycles. The van der Waals surface area contributed by atoms with Crippen molar-refractivity contribution in [2.24, 2.45) is 0 Å². The summed E-state index contributed by atoms with van der Waals surface area (Å²) in [5.41, 5.74) is 2.87. The van der Waals surface area contributed by atoms with Crippen molar-refractivity contribution in [2.75, 3.05) is 4.90 Å². The molecule has 2 aromatic rings. The smallest absolute Gasteiger partial charge is 0.292 e. The Kier molecular flexibility index (Phi) is 4.97. The number of carbonyl (C=O) groups is 2. The van der Waals surface area contributed by atoms with E-state index in [1.807, 2.05) is 53.8 Å². The van der Waals surface area contributed by atoms with Crippen LogP contribution in [0.5, 0.6) is 0 Å². The van der Waals surface area contributed by atoms with Crippen molar-refractivity contribution < 1.29 is 14.9 Å². The second-order valence-electron chi connectivity index (χ2n) is 5.97. The molecule has 1 aliphatic heterocycles. The molecule has 0 bridgehead atoms. The summed E-state index contributed by atoms with van der Waals surface area (Å²) in [6.07, 6.45) is 1.16. The van der Waals surface area contributed by atoms with E-state index in [2.05, 4.69) is 6.92 Å². The lowest BCUT2D eigenvalue weighted by molar-refractivity contribution is -0.690. The van der Waals surface area contributed by atoms with Gasteiger partial charge in [-0.3, -0.25) is 9.59 Å². The van der Waals surface area contributed by atoms with E-state index in [0.717, 1.165) is 12.0 Å². The number of halogens is 1. The minimum atomic E-state index is -0.373. The second kappa shape index (κ2) is 7.16. The molecule has 1 heterocycles. The topological polar surface area (TPSA) is 54.0 Å². The molecule has 0 aromatic heterocycles. The molecule has 1 saturated heterocycles. The van der Waals surface area contributed by atoms with Gasteiger partial charge >= 0.3 is 0 Å². The van der Waals surface area contributed by atoms with Crippen molar-refractivity contribution in [2.45, 2.75) is 32.4 Å². The SMILES string of the molecule is CCc1ccc(N2C(=O)CC([NH2+]Cc3cccc(Cl)c3)C2=O)cc1. The fraction of sp³-hybridized carbons (Fsp3) is 0.263. The average molecular weight is 344 g/mol. The highest BCUT2D eigenvalue weighted by Gasteiger charge is 2.42. The summed E-state index contributed by atoms with van der Waals surface area (Å²) in [6, 6.07) is 14.8. The van der Waals surface area contributed by atoms with E-state index in [9.17, 15) is 9.59 Å². The minimum Gasteiger partial charge on any atom is -0.332 e. The predicted octanol–water partition coefficient (Wildman–Crippen LogP) is 2.30. The Morgan fingerprint density at radius 1 is 1.12 bits per heavy atom. The fourth-order valence-corrected chi connectivity index (χ4v) is 3.15. The van der Waals surface area contributed by atoms with Gasteiger partial charge in [-0.1, -0.05) is 42.8 Å². The molecule has 2 amide bonds. The van der Waals surface area contributed by atoms with Gasteiger partial charge in [-0.15, -0.1) is 0 Å². The third kappa shape index (κ3) is 3.50. The van der Waals surface area contributed by atoms with Crippen LogP contribution in [0.2, 0.25) is 5.02 Å². The van der Waals surface area contributed by atoms with Crippen LogP contribution in [0.1, 0.15) is 24.5 Å². The fourth-order valence-electron chi connectivity index (χ4n) is 2.93. The van der Waals surface area contributed by atoms with Crippen LogP contribution in [0.15, 0.2) is 48.5 Å². The number of anilines is 1. The average Bonchev–Trinajstić information content (AvgIpc) is 2.87. The van der Waals surface area contributed by atoms with E-state index in [0.29, 0.717) is 17.3 Å². The van der Waals surface area contributed by atoms with E-state index < -0.39 is 0 Å². The van der Waals surface area contributed by atoms with Crippen LogP contribution in [0.4, 0.5) is 5.69 Å². The van der Waals surface area contributed by atoms with Crippen LogP contribution < -0.4 is 10.2 Å². The molecule has 3 rings (SSSR count). The summed E-state index contributed by atoms with van der Waals surface area (Å²) in [7, 11) is 0. The number of aryl methyl sites for hydroxylation is 1. The molecule has 1 aliphatic rings. The first-order valence-corrected chi connectivity index (χ1v) is 8.50. The minimum absolute atomic E-state index is 0.142. The van der Waals surface area contributed by atoms with Crippen LogP contribution in [0, 0.1) is 0 Å². The molecule has 4 nitrogen and oxygen atoms in total. The zero-order chi connectivity index (χ0) is 17.1. The molecule has 5 heteroatoms. The first-order valence-electron chi connectivity index (χ1n) is 8.12. The Balaban J connectivity index is 1.69. The lowest BCUT2D eigenvalue weighted by Gasteiger charge is -2.14. The summed E-state index contributed by atoms with van der Waals surface area (Å²) >= 11 is 5.98. The largest absolute Gasteiger partial charge is 0.332 e. The zero-order valence-corrected chi connectivity index (χ0v) is 14.3. The number of rotatable bonds is 5. The van der Waals surface area contributed by atoms with E-state index >= 15 is 0 Å². The number of nitrogens with zero attached hydrogens (tertiary/aromatic N) is 1. The molecule has 1 unspecified atom stereocenters. The van der Waals surface area contributed by atoms with Gasteiger partial charge in [-0.05, 0) is 36.2 Å². The molecule has 0 radical (unpaired) electrons. The Labute approximate surface area is 146 Å². The maximum atomic E-state index is 12.6. The summed E-state index contributed by atoms with van der Waals surface area (Å²) < 4.78 is 0. The molecule has 1 atom stereocenters. The van der Waals surface area contributed by atoms with Gasteiger partial charge in [0.1, 0.15) is 6.54 Å². The van der Waals surface area contributed by atoms with Crippen LogP contribution in [0.3, 0.4) is 0 Å². The van der Waals surface area contributed by atoms with Crippen molar-refractivity contribution in [1.82, 2.24) is 0 Å². The van der Waals surface area contributed by atoms with Crippen LogP contribution in [-0.4, -0.2) is 17.9 Å². The highest BCUT2D eigenvalue weighted by Crippen LogP contribution is 2.22. The predicted molar refractivity (Wildman–Crippen MR) is 93.8 cm³/mol. The molecule has 0 spiro atoms. The Hall–Kier alpha value is -2.17. The monoisotopic (exact) mass is 343 g/mol. The summed E-state index contributed by atoms with van der Waals surface area (Å²) in [4.78, 5) is 26.2. The molecular formula is C19H20ClN2O2+. The number of hydrogen-bond donors (Lipinski definition) is 1. The van der Waals surface area contributed by atoms with Crippen molar-refractivity contribution in [1.29, 1.82) is 0 Å². The number of carbonyl (C=O) groups excluding carboxylic acids is 2. The van der Waals surface area contributed by atoms with E-state index in [1.165, 1.54) is 10.5 Å². The molecule has 0 aliphatic carbocycles. The lowest BCUT2D eigenvalue weighted by atomic mass is 10.1. The van der Waals surface area contributed by atoms with Gasteiger partial charge in [0.25, 0.3) is 5.91 Å². The van der Waals surface area contributed by atoms with Crippen molar-refractivity contribution in [3.8, 4) is 0 Å². The number of imide groups is 1. The van der Waals surface area contributed by atoms with E-state index in [1.54, 1.807) is 0 Å². The van der Waals surface area contributed by atoms with Crippen LogP contribution in [-0.2, 0) is 22.6 Å². The maximum Gasteiger partial charge on any atom is 0.292 e. The number of nitrogens with two attached hydrogens (primary N) is 1. The summed E-state index contributed by atoms with van der Waals surface area (Å²) in [5.74, 6) is -0.289. The van der Waals surface area contributed by atoms with Gasteiger partial charge in [-0.2, -0.15) is 0 Å². The summed E-state index contributed by atoms with van der Waals surface area (Å²) in [6.45, 7) is 2.69. The molecule has 2 N–H and O–H groups in total. The Bertz CT molecular complexity index is 758. The van der Waals surface area contributed by atoms with E-state index in [-0.39, 0.29) is 24.3 Å². The lowest BCUT2D eigenvalue weighted by Crippen LogP contribution is -2.90. The highest BCUT2D eigenvalue weighted by molar-refractivity contribution is 6.30. The second-order valence-corrected chi connectivity index (χ2v) is 6.40. The standard InChI is InChI=1S/C19H19ClN2O2/c1-2-13-6-8-16(9-7-13)22-18(23)11-17(19(22)24)21-12-14-4-3-5-15(20)10-14/h3-10,17,21H,2,11-12H2,1H3/p+1. The van der Waals surface area contributed by atoms with Gasteiger partial charge < -0.3 is 5.32 Å². The molecule has 24 heavy (non-hydrogen) atoms. The Morgan fingerprint density at radius 2 is 1.88 bits per heavy atom. The van der Waals surface area contributed by atoms with Gasteiger partial charge in [0.2, 0.25) is 5.91 Å². The van der Waals surface area contributed by atoms with Crippen LogP contribution in [0.25, 0.3) is 0 Å². The molecule has 1 fully saturated rings. The van der Waals surface area contributed by atoms with Crippen molar-refractivity contribution >= 4 is 29.1 Å². The van der Waals surface area contributed by atoms with Gasteiger partial charge in [0, 0.05) is 10.6 Å². The first-order chi connectivity index (χ1) is 11.6. The van der Waals surface area contributed by atoms with Crippen molar-refractivity contribution in [3.05, 3.63) is 64.7 Å². The molecular weight excluding hydrogens is 324 g/mol. The van der Waals surface area contributed by atoms with Gasteiger partial charge in [0.05, 0.1) is 12.1 Å². The molecule has 0 saturated carbocycles. The van der Waals surface area contributed by atoms with Crippen LogP contribution >= 0.6 is 11.6 Å². The third-order valence-corrected chi connectivity index (χ3v) is 4.55. The normalized spacial score (nSPS) is 17.6.